The average Bonchev–Trinajstić information content (AvgIpc) is 3.10. The van der Waals surface area contributed by atoms with Crippen molar-refractivity contribution in [2.24, 2.45) is 0 Å². The number of anilines is 2. The highest BCUT2D eigenvalue weighted by Gasteiger charge is 2.24. The average molecular weight is 384 g/mol. The maximum atomic E-state index is 12.7. The van der Waals surface area contributed by atoms with Gasteiger partial charge in [0.1, 0.15) is 5.76 Å². The molecule has 0 radical (unpaired) electrons. The summed E-state index contributed by atoms with van der Waals surface area (Å²) in [6.07, 6.45) is 0.273. The van der Waals surface area contributed by atoms with Gasteiger partial charge in [0.05, 0.1) is 0 Å². The third-order valence-corrected chi connectivity index (χ3v) is 5.37. The van der Waals surface area contributed by atoms with Crippen molar-refractivity contribution in [2.45, 2.75) is 34.1 Å². The summed E-state index contributed by atoms with van der Waals surface area (Å²) in [5.74, 6) is 1.00. The van der Waals surface area contributed by atoms with Gasteiger partial charge in [-0.3, -0.25) is 14.5 Å². The molecule has 7 nitrogen and oxygen atoms in total. The molecule has 0 unspecified atom stereocenters. The van der Waals surface area contributed by atoms with Crippen molar-refractivity contribution in [3.8, 4) is 0 Å². The molecule has 28 heavy (non-hydrogen) atoms. The third kappa shape index (κ3) is 4.35. The maximum Gasteiger partial charge on any atom is 0.225 e. The lowest BCUT2D eigenvalue weighted by Crippen LogP contribution is -2.49. The highest BCUT2D eigenvalue weighted by molar-refractivity contribution is 5.91. The molecule has 0 atom stereocenters. The molecule has 7 heteroatoms. The van der Waals surface area contributed by atoms with Crippen molar-refractivity contribution >= 4 is 23.3 Å². The zero-order valence-electron chi connectivity index (χ0n) is 17.1. The van der Waals surface area contributed by atoms with Crippen LogP contribution < -0.4 is 9.80 Å². The van der Waals surface area contributed by atoms with Gasteiger partial charge in [0.15, 0.2) is 5.82 Å². The Morgan fingerprint density at radius 2 is 1.86 bits per heavy atom. The first-order valence-corrected chi connectivity index (χ1v) is 9.67. The molecule has 1 aromatic heterocycles. The Balaban J connectivity index is 1.55. The molecule has 1 fully saturated rings. The van der Waals surface area contributed by atoms with Crippen molar-refractivity contribution in [1.29, 1.82) is 0 Å². The maximum absolute atomic E-state index is 12.7. The highest BCUT2D eigenvalue weighted by atomic mass is 16.5. The number of rotatable bonds is 5. The lowest BCUT2D eigenvalue weighted by atomic mass is 10.1. The van der Waals surface area contributed by atoms with Crippen LogP contribution in [0.15, 0.2) is 28.8 Å². The van der Waals surface area contributed by atoms with Crippen LogP contribution in [0.5, 0.6) is 0 Å². The summed E-state index contributed by atoms with van der Waals surface area (Å²) in [6, 6.07) is 8.05. The summed E-state index contributed by atoms with van der Waals surface area (Å²) in [5, 5.41) is 3.89. The molecule has 1 aromatic carbocycles. The van der Waals surface area contributed by atoms with Crippen molar-refractivity contribution in [3.63, 3.8) is 0 Å². The summed E-state index contributed by atoms with van der Waals surface area (Å²) < 4.78 is 5.05. The smallest absolute Gasteiger partial charge is 0.225 e. The van der Waals surface area contributed by atoms with Gasteiger partial charge >= 0.3 is 0 Å². The van der Waals surface area contributed by atoms with Crippen molar-refractivity contribution < 1.29 is 14.1 Å². The molecule has 0 N–H and O–H groups in total. The van der Waals surface area contributed by atoms with Gasteiger partial charge in [-0.05, 0) is 38.0 Å². The van der Waals surface area contributed by atoms with E-state index < -0.39 is 0 Å². The van der Waals surface area contributed by atoms with Gasteiger partial charge in [-0.15, -0.1) is 0 Å². The number of nitrogens with zero attached hydrogens (tertiary/aromatic N) is 4. The van der Waals surface area contributed by atoms with E-state index in [0.29, 0.717) is 31.2 Å². The zero-order valence-corrected chi connectivity index (χ0v) is 17.1. The van der Waals surface area contributed by atoms with Crippen LogP contribution in [0.1, 0.15) is 30.2 Å². The van der Waals surface area contributed by atoms with Crippen LogP contribution in [-0.2, 0) is 9.59 Å². The summed E-state index contributed by atoms with van der Waals surface area (Å²) in [6.45, 7) is 10.8. The third-order valence-electron chi connectivity index (χ3n) is 5.37. The Kier molecular flexibility index (Phi) is 6.02. The van der Waals surface area contributed by atoms with E-state index in [1.54, 1.807) is 13.0 Å². The van der Waals surface area contributed by atoms with Crippen LogP contribution in [0.4, 0.5) is 11.5 Å². The second kappa shape index (κ2) is 8.46. The Hall–Kier alpha value is -2.83. The molecule has 0 saturated carbocycles. The van der Waals surface area contributed by atoms with Crippen LogP contribution >= 0.6 is 0 Å². The van der Waals surface area contributed by atoms with E-state index in [9.17, 15) is 9.59 Å². The lowest BCUT2D eigenvalue weighted by Gasteiger charge is -2.37. The number of benzene rings is 1. The molecule has 1 saturated heterocycles. The largest absolute Gasteiger partial charge is 0.368 e. The van der Waals surface area contributed by atoms with Crippen LogP contribution in [0.3, 0.4) is 0 Å². The summed E-state index contributed by atoms with van der Waals surface area (Å²) in [4.78, 5) is 30.3. The Morgan fingerprint density at radius 3 is 2.46 bits per heavy atom. The first-order chi connectivity index (χ1) is 13.4. The van der Waals surface area contributed by atoms with Gasteiger partial charge in [-0.2, -0.15) is 0 Å². The van der Waals surface area contributed by atoms with E-state index in [-0.39, 0.29) is 18.2 Å². The Labute approximate surface area is 165 Å². The normalized spacial score (nSPS) is 14.3. The fourth-order valence-corrected chi connectivity index (χ4v) is 3.55. The van der Waals surface area contributed by atoms with Crippen LogP contribution in [0.2, 0.25) is 0 Å². The molecule has 2 heterocycles. The fourth-order valence-electron chi connectivity index (χ4n) is 3.55. The molecular weight excluding hydrogens is 356 g/mol. The zero-order chi connectivity index (χ0) is 20.3. The van der Waals surface area contributed by atoms with Crippen molar-refractivity contribution in [1.82, 2.24) is 10.1 Å². The van der Waals surface area contributed by atoms with Crippen LogP contribution in [0.25, 0.3) is 0 Å². The Morgan fingerprint density at radius 1 is 1.14 bits per heavy atom. The first-order valence-electron chi connectivity index (χ1n) is 9.67. The van der Waals surface area contributed by atoms with E-state index in [0.717, 1.165) is 13.1 Å². The minimum absolute atomic E-state index is 0.0621. The van der Waals surface area contributed by atoms with Gasteiger partial charge in [0, 0.05) is 57.8 Å². The molecule has 1 aliphatic rings. The summed E-state index contributed by atoms with van der Waals surface area (Å²) in [5.41, 5.74) is 3.82. The van der Waals surface area contributed by atoms with Crippen molar-refractivity contribution in [2.75, 3.05) is 42.5 Å². The van der Waals surface area contributed by atoms with Gasteiger partial charge in [0.25, 0.3) is 0 Å². The fraction of sp³-hybridized carbons (Fsp3) is 0.476. The molecule has 1 aliphatic heterocycles. The molecule has 150 valence electrons. The van der Waals surface area contributed by atoms with Crippen LogP contribution in [-0.4, -0.2) is 54.6 Å². The van der Waals surface area contributed by atoms with Crippen LogP contribution in [0, 0.1) is 20.8 Å². The van der Waals surface area contributed by atoms with Gasteiger partial charge in [0.2, 0.25) is 11.8 Å². The molecule has 3 rings (SSSR count). The number of amides is 2. The molecule has 2 aromatic rings. The summed E-state index contributed by atoms with van der Waals surface area (Å²) >= 11 is 0. The SMILES string of the molecule is CC(=O)N(CCC(=O)N1CCN(c2cccc(C)c2C)CC1)c1cc(C)on1. The molecule has 0 bridgehead atoms. The van der Waals surface area contributed by atoms with E-state index >= 15 is 0 Å². The van der Waals surface area contributed by atoms with E-state index in [1.165, 1.54) is 28.6 Å². The second-order valence-corrected chi connectivity index (χ2v) is 7.30. The predicted octanol–water partition coefficient (Wildman–Crippen LogP) is 2.69. The minimum atomic E-state index is -0.152. The predicted molar refractivity (Wildman–Crippen MR) is 109 cm³/mol. The van der Waals surface area contributed by atoms with E-state index in [1.807, 2.05) is 4.90 Å². The Bertz CT molecular complexity index is 853. The van der Waals surface area contributed by atoms with Gasteiger partial charge in [-0.25, -0.2) is 0 Å². The second-order valence-electron chi connectivity index (χ2n) is 7.30. The number of aryl methyl sites for hydroxylation is 2. The topological polar surface area (TPSA) is 69.9 Å². The first kappa shape index (κ1) is 19.9. The number of piperazine rings is 1. The molecule has 0 spiro atoms. The lowest BCUT2D eigenvalue weighted by molar-refractivity contribution is -0.131. The molecular formula is C21H28N4O3. The number of carbonyl (C=O) groups is 2. The van der Waals surface area contributed by atoms with Crippen molar-refractivity contribution in [3.05, 3.63) is 41.2 Å². The number of hydrogen-bond acceptors (Lipinski definition) is 5. The summed E-state index contributed by atoms with van der Waals surface area (Å²) in [7, 11) is 0. The highest BCUT2D eigenvalue weighted by Crippen LogP contribution is 2.24. The molecule has 2 amide bonds. The van der Waals surface area contributed by atoms with Gasteiger partial charge in [-0.1, -0.05) is 17.3 Å². The molecule has 0 aliphatic carbocycles. The minimum Gasteiger partial charge on any atom is -0.368 e. The van der Waals surface area contributed by atoms with E-state index in [4.69, 9.17) is 4.52 Å². The quantitative estimate of drug-likeness (QED) is 0.793. The standard InChI is InChI=1S/C21H28N4O3/c1-15-6-5-7-19(17(15)3)23-10-12-24(13-11-23)21(27)8-9-25(18(4)26)20-14-16(2)28-22-20/h5-7,14H,8-13H2,1-4H3. The number of hydrogen-bond donors (Lipinski definition) is 0. The number of aromatic nitrogens is 1. The van der Waals surface area contributed by atoms with Gasteiger partial charge < -0.3 is 14.3 Å². The monoisotopic (exact) mass is 384 g/mol. The van der Waals surface area contributed by atoms with E-state index in [2.05, 4.69) is 42.1 Å². The number of carbonyl (C=O) groups excluding carboxylic acids is 2.